The topological polar surface area (TPSA) is 85.4 Å². The second-order valence-electron chi connectivity index (χ2n) is 3.44. The average molecular weight is 220 g/mol. The van der Waals surface area contributed by atoms with E-state index in [-0.39, 0.29) is 11.2 Å². The van der Waals surface area contributed by atoms with Crippen molar-refractivity contribution in [1.82, 2.24) is 4.73 Å². The van der Waals surface area contributed by atoms with Gasteiger partial charge in [0.2, 0.25) is 0 Å². The molecule has 2 aromatic rings. The molecule has 0 aliphatic rings. The lowest BCUT2D eigenvalue weighted by Crippen LogP contribution is -2.20. The number of non-ortho nitro benzene ring substituents is 1. The number of benzene rings is 1. The maximum Gasteiger partial charge on any atom is 0.286 e. The zero-order valence-corrected chi connectivity index (χ0v) is 8.38. The minimum atomic E-state index is -0.527. The Hall–Kier alpha value is -2.37. The maximum atomic E-state index is 11.4. The summed E-state index contributed by atoms with van der Waals surface area (Å²) < 4.78 is 0.494. The molecule has 0 amide bonds. The molecule has 0 aliphatic carbocycles. The van der Waals surface area contributed by atoms with E-state index in [2.05, 4.69) is 0 Å². The van der Waals surface area contributed by atoms with Gasteiger partial charge in [0.15, 0.2) is 0 Å². The number of nitrogens with zero attached hydrogens (tertiary/aromatic N) is 2. The molecular weight excluding hydrogens is 212 g/mol. The predicted octanol–water partition coefficient (Wildman–Crippen LogP) is 1.46. The van der Waals surface area contributed by atoms with Gasteiger partial charge in [0.05, 0.1) is 10.4 Å². The van der Waals surface area contributed by atoms with Gasteiger partial charge in [-0.25, -0.2) is 0 Å². The van der Waals surface area contributed by atoms with Gasteiger partial charge < -0.3 is 5.21 Å². The first-order valence-corrected chi connectivity index (χ1v) is 4.51. The van der Waals surface area contributed by atoms with E-state index in [0.29, 0.717) is 15.7 Å². The average Bonchev–Trinajstić information content (AvgIpc) is 2.25. The summed E-state index contributed by atoms with van der Waals surface area (Å²) >= 11 is 0. The first kappa shape index (κ1) is 10.2. The number of fused-ring (bicyclic) bond motifs is 1. The van der Waals surface area contributed by atoms with Gasteiger partial charge in [-0.05, 0) is 19.1 Å². The van der Waals surface area contributed by atoms with Crippen molar-refractivity contribution in [2.45, 2.75) is 6.92 Å². The molecule has 1 N–H and O–H groups in total. The van der Waals surface area contributed by atoms with Crippen LogP contribution in [0, 0.1) is 17.0 Å². The summed E-state index contributed by atoms with van der Waals surface area (Å²) in [5.74, 6) is 0. The molecule has 0 fully saturated rings. The summed E-state index contributed by atoms with van der Waals surface area (Å²) in [7, 11) is 0. The fourth-order valence-corrected chi connectivity index (χ4v) is 1.54. The zero-order chi connectivity index (χ0) is 11.9. The molecule has 0 radical (unpaired) electrons. The highest BCUT2D eigenvalue weighted by molar-refractivity contribution is 5.81. The SMILES string of the molecule is Cc1cc2cc([N+](=O)[O-])ccc2n(O)c1=O. The van der Waals surface area contributed by atoms with Crippen molar-refractivity contribution in [3.8, 4) is 0 Å². The van der Waals surface area contributed by atoms with Crippen molar-refractivity contribution < 1.29 is 10.1 Å². The standard InChI is InChI=1S/C10H8N2O4/c1-6-4-7-5-8(12(15)16)2-3-9(7)11(14)10(6)13/h2-5,14H,1H3. The summed E-state index contributed by atoms with van der Waals surface area (Å²) in [4.78, 5) is 21.4. The van der Waals surface area contributed by atoms with Crippen molar-refractivity contribution in [2.75, 3.05) is 0 Å². The lowest BCUT2D eigenvalue weighted by atomic mass is 10.1. The highest BCUT2D eigenvalue weighted by Gasteiger charge is 2.10. The minimum Gasteiger partial charge on any atom is -0.425 e. The van der Waals surface area contributed by atoms with Crippen molar-refractivity contribution in [3.05, 3.63) is 50.3 Å². The molecule has 1 heterocycles. The van der Waals surface area contributed by atoms with Crippen LogP contribution in [-0.2, 0) is 0 Å². The highest BCUT2D eigenvalue weighted by atomic mass is 16.6. The van der Waals surface area contributed by atoms with Crippen LogP contribution < -0.4 is 5.56 Å². The van der Waals surface area contributed by atoms with Gasteiger partial charge in [0, 0.05) is 23.1 Å². The second-order valence-corrected chi connectivity index (χ2v) is 3.44. The normalized spacial score (nSPS) is 10.6. The monoisotopic (exact) mass is 220 g/mol. The number of hydrogen-bond donors (Lipinski definition) is 1. The fraction of sp³-hybridized carbons (Fsp3) is 0.100. The van der Waals surface area contributed by atoms with Gasteiger partial charge in [0.1, 0.15) is 0 Å². The van der Waals surface area contributed by atoms with Gasteiger partial charge in [-0.3, -0.25) is 14.9 Å². The van der Waals surface area contributed by atoms with E-state index in [1.165, 1.54) is 31.2 Å². The first-order valence-electron chi connectivity index (χ1n) is 4.51. The molecule has 82 valence electrons. The molecule has 6 heteroatoms. The van der Waals surface area contributed by atoms with Crippen LogP contribution in [0.25, 0.3) is 10.9 Å². The molecule has 0 bridgehead atoms. The molecule has 0 atom stereocenters. The fourth-order valence-electron chi connectivity index (χ4n) is 1.54. The molecular formula is C10H8N2O4. The summed E-state index contributed by atoms with van der Waals surface area (Å²) in [6.45, 7) is 1.54. The molecule has 0 saturated carbocycles. The summed E-state index contributed by atoms with van der Waals surface area (Å²) in [6.07, 6.45) is 0. The van der Waals surface area contributed by atoms with Crippen LogP contribution in [-0.4, -0.2) is 14.9 Å². The third-order valence-corrected chi connectivity index (χ3v) is 2.35. The van der Waals surface area contributed by atoms with Crippen molar-refractivity contribution in [1.29, 1.82) is 0 Å². The number of aromatic nitrogens is 1. The van der Waals surface area contributed by atoms with Gasteiger partial charge in [-0.2, -0.15) is 0 Å². The van der Waals surface area contributed by atoms with E-state index in [4.69, 9.17) is 0 Å². The largest absolute Gasteiger partial charge is 0.425 e. The molecule has 0 spiro atoms. The van der Waals surface area contributed by atoms with Gasteiger partial charge in [-0.1, -0.05) is 0 Å². The Morgan fingerprint density at radius 3 is 2.69 bits per heavy atom. The summed E-state index contributed by atoms with van der Waals surface area (Å²) in [5, 5.41) is 20.5. The smallest absolute Gasteiger partial charge is 0.286 e. The Kier molecular flexibility index (Phi) is 2.12. The minimum absolute atomic E-state index is 0.0782. The van der Waals surface area contributed by atoms with Crippen molar-refractivity contribution >= 4 is 16.6 Å². The van der Waals surface area contributed by atoms with Crippen LogP contribution in [0.5, 0.6) is 0 Å². The molecule has 0 aliphatic heterocycles. The Labute approximate surface area is 89.5 Å². The van der Waals surface area contributed by atoms with Gasteiger partial charge >= 0.3 is 0 Å². The number of rotatable bonds is 1. The Balaban J connectivity index is 2.86. The van der Waals surface area contributed by atoms with Crippen molar-refractivity contribution in [3.63, 3.8) is 0 Å². The van der Waals surface area contributed by atoms with Crippen LogP contribution in [0.3, 0.4) is 0 Å². The highest BCUT2D eigenvalue weighted by Crippen LogP contribution is 2.19. The van der Waals surface area contributed by atoms with E-state index < -0.39 is 10.5 Å². The summed E-state index contributed by atoms with van der Waals surface area (Å²) in [5.41, 5.74) is -0.0244. The molecule has 0 unspecified atom stereocenters. The van der Waals surface area contributed by atoms with Crippen LogP contribution in [0.1, 0.15) is 5.56 Å². The number of pyridine rings is 1. The van der Waals surface area contributed by atoms with Gasteiger partial charge in [0.25, 0.3) is 11.2 Å². The quantitative estimate of drug-likeness (QED) is 0.447. The maximum absolute atomic E-state index is 11.4. The second kappa shape index (κ2) is 3.34. The Morgan fingerprint density at radius 1 is 1.38 bits per heavy atom. The zero-order valence-electron chi connectivity index (χ0n) is 8.38. The summed E-state index contributed by atoms with van der Waals surface area (Å²) in [6, 6.07) is 5.41. The third kappa shape index (κ3) is 1.40. The number of nitro groups is 1. The van der Waals surface area contributed by atoms with E-state index >= 15 is 0 Å². The lowest BCUT2D eigenvalue weighted by Gasteiger charge is -2.04. The van der Waals surface area contributed by atoms with Crippen molar-refractivity contribution in [2.24, 2.45) is 0 Å². The van der Waals surface area contributed by atoms with E-state index in [0.717, 1.165) is 0 Å². The van der Waals surface area contributed by atoms with Gasteiger partial charge in [-0.15, -0.1) is 4.73 Å². The van der Waals surface area contributed by atoms with Crippen LogP contribution in [0.4, 0.5) is 5.69 Å². The molecule has 2 rings (SSSR count). The predicted molar refractivity (Wildman–Crippen MR) is 56.8 cm³/mol. The molecule has 16 heavy (non-hydrogen) atoms. The Bertz CT molecular complexity index is 645. The third-order valence-electron chi connectivity index (χ3n) is 2.35. The van der Waals surface area contributed by atoms with Crippen LogP contribution in [0.15, 0.2) is 29.1 Å². The lowest BCUT2D eigenvalue weighted by molar-refractivity contribution is -0.384. The van der Waals surface area contributed by atoms with E-state index in [1.54, 1.807) is 0 Å². The number of aryl methyl sites for hydroxylation is 1. The molecule has 1 aromatic heterocycles. The Morgan fingerprint density at radius 2 is 2.06 bits per heavy atom. The molecule has 1 aromatic carbocycles. The van der Waals surface area contributed by atoms with Crippen LogP contribution in [0.2, 0.25) is 0 Å². The number of nitro benzene ring substituents is 1. The number of hydrogen-bond acceptors (Lipinski definition) is 4. The van der Waals surface area contributed by atoms with E-state index in [9.17, 15) is 20.1 Å². The van der Waals surface area contributed by atoms with E-state index in [1.807, 2.05) is 0 Å². The molecule has 6 nitrogen and oxygen atoms in total. The van der Waals surface area contributed by atoms with Crippen LogP contribution >= 0.6 is 0 Å². The molecule has 0 saturated heterocycles. The first-order chi connectivity index (χ1) is 7.50.